The lowest BCUT2D eigenvalue weighted by molar-refractivity contribution is 0.918. The molecule has 3 aromatic heterocycles. The van der Waals surface area contributed by atoms with Crippen LogP contribution in [0, 0.1) is 18.3 Å². The number of hydrogen-bond donors (Lipinski definition) is 1. The second kappa shape index (κ2) is 6.94. The lowest BCUT2D eigenvalue weighted by atomic mass is 10.1. The van der Waals surface area contributed by atoms with Crippen molar-refractivity contribution < 1.29 is 0 Å². The molecule has 5 rings (SSSR count). The molecule has 0 fully saturated rings. The highest BCUT2D eigenvalue weighted by molar-refractivity contribution is 7.22. The summed E-state index contributed by atoms with van der Waals surface area (Å²) in [7, 11) is 0. The van der Waals surface area contributed by atoms with Gasteiger partial charge in [0.25, 0.3) is 5.56 Å². The zero-order valence-corrected chi connectivity index (χ0v) is 17.2. The van der Waals surface area contributed by atoms with Gasteiger partial charge >= 0.3 is 0 Å². The number of nitriles is 1. The summed E-state index contributed by atoms with van der Waals surface area (Å²) in [6.45, 7) is 3.96. The Kier molecular flexibility index (Phi) is 4.23. The summed E-state index contributed by atoms with van der Waals surface area (Å²) in [6.07, 6.45) is 2.48. The highest BCUT2D eigenvalue weighted by atomic mass is 32.1. The number of fused-ring (bicyclic) bond motifs is 2. The van der Waals surface area contributed by atoms with E-state index in [4.69, 9.17) is 0 Å². The Labute approximate surface area is 176 Å². The summed E-state index contributed by atoms with van der Waals surface area (Å²) in [4.78, 5) is 17.6. The number of H-pyrrole nitrogens is 1. The zero-order valence-electron chi connectivity index (χ0n) is 16.4. The van der Waals surface area contributed by atoms with Gasteiger partial charge in [-0.25, -0.2) is 10.1 Å². The maximum absolute atomic E-state index is 12.2. The van der Waals surface area contributed by atoms with Gasteiger partial charge in [0, 0.05) is 21.2 Å². The number of aromatic nitrogens is 4. The van der Waals surface area contributed by atoms with Crippen molar-refractivity contribution in [3.05, 3.63) is 76.1 Å². The van der Waals surface area contributed by atoms with Crippen molar-refractivity contribution in [2.45, 2.75) is 20.3 Å². The number of imidazole rings is 1. The molecule has 30 heavy (non-hydrogen) atoms. The molecule has 0 amide bonds. The van der Waals surface area contributed by atoms with Crippen molar-refractivity contribution in [3.8, 4) is 22.3 Å². The van der Waals surface area contributed by atoms with Crippen molar-refractivity contribution in [1.82, 2.24) is 19.7 Å². The Morgan fingerprint density at radius 3 is 2.80 bits per heavy atom. The number of thiophene rings is 1. The third-order valence-electron chi connectivity index (χ3n) is 5.34. The summed E-state index contributed by atoms with van der Waals surface area (Å²) in [6, 6.07) is 16.0. The van der Waals surface area contributed by atoms with Gasteiger partial charge in [0.15, 0.2) is 0 Å². The molecular weight excluding hydrogens is 394 g/mol. The van der Waals surface area contributed by atoms with Crippen LogP contribution in [0.4, 0.5) is 0 Å². The van der Waals surface area contributed by atoms with E-state index in [0.717, 1.165) is 43.1 Å². The van der Waals surface area contributed by atoms with E-state index >= 15 is 0 Å². The minimum absolute atomic E-state index is 0.202. The molecule has 0 atom stereocenters. The molecule has 1 N–H and O–H groups in total. The van der Waals surface area contributed by atoms with Gasteiger partial charge in [0.2, 0.25) is 0 Å². The Morgan fingerprint density at radius 2 is 2.00 bits per heavy atom. The largest absolute Gasteiger partial charge is 0.298 e. The van der Waals surface area contributed by atoms with Crippen LogP contribution in [-0.4, -0.2) is 19.7 Å². The predicted molar refractivity (Wildman–Crippen MR) is 119 cm³/mol. The third-order valence-corrected chi connectivity index (χ3v) is 6.51. The fourth-order valence-electron chi connectivity index (χ4n) is 3.86. The van der Waals surface area contributed by atoms with Crippen molar-refractivity contribution >= 4 is 32.2 Å². The first-order valence-electron chi connectivity index (χ1n) is 9.60. The summed E-state index contributed by atoms with van der Waals surface area (Å²) in [5.74, 6) is 0. The fourth-order valence-corrected chi connectivity index (χ4v) is 5.10. The quantitative estimate of drug-likeness (QED) is 0.465. The van der Waals surface area contributed by atoms with E-state index in [0.29, 0.717) is 17.4 Å². The number of nitrogens with zero attached hydrogens (tertiary/aromatic N) is 4. The van der Waals surface area contributed by atoms with Crippen LogP contribution in [0.1, 0.15) is 23.9 Å². The molecule has 7 heteroatoms. The van der Waals surface area contributed by atoms with E-state index in [1.54, 1.807) is 17.7 Å². The fraction of sp³-hybridized carbons (Fsp3) is 0.130. The molecule has 0 saturated heterocycles. The average Bonchev–Trinajstić information content (AvgIpc) is 3.33. The molecule has 146 valence electrons. The van der Waals surface area contributed by atoms with Gasteiger partial charge in [0.05, 0.1) is 32.9 Å². The molecule has 0 bridgehead atoms. The summed E-state index contributed by atoms with van der Waals surface area (Å²) >= 11 is 1.59. The van der Waals surface area contributed by atoms with Gasteiger partial charge in [0.1, 0.15) is 12.4 Å². The number of aryl methyl sites for hydroxylation is 2. The van der Waals surface area contributed by atoms with E-state index < -0.39 is 0 Å². The van der Waals surface area contributed by atoms with Crippen LogP contribution in [0.25, 0.3) is 37.1 Å². The van der Waals surface area contributed by atoms with E-state index in [1.807, 2.05) is 60.9 Å². The van der Waals surface area contributed by atoms with Crippen LogP contribution in [-0.2, 0) is 6.42 Å². The lowest BCUT2D eigenvalue weighted by Gasteiger charge is -2.10. The summed E-state index contributed by atoms with van der Waals surface area (Å²) in [5.41, 5.74) is 3.91. The minimum atomic E-state index is -0.202. The summed E-state index contributed by atoms with van der Waals surface area (Å²) < 4.78 is 3.06. The number of nitrogens with one attached hydrogen (secondary N) is 1. The number of rotatable bonds is 3. The minimum Gasteiger partial charge on any atom is -0.298 e. The topological polar surface area (TPSA) is 87.4 Å². The molecule has 6 nitrogen and oxygen atoms in total. The Hall–Kier alpha value is -3.76. The molecule has 3 heterocycles. The standard InChI is InChI=1S/C23H17N5OS/c1-3-19-17-10-14(8-9-16(17)23(29)27-26-19)28-12-25-13(2)21(28)22-18(11-24)15-6-4-5-7-20(15)30-22/h4-10,12H,3H2,1-2H3,(H,27,29). The molecule has 5 aromatic rings. The first kappa shape index (κ1) is 18.3. The molecule has 0 aliphatic heterocycles. The third kappa shape index (κ3) is 2.65. The van der Waals surface area contributed by atoms with Crippen molar-refractivity contribution in [3.63, 3.8) is 0 Å². The van der Waals surface area contributed by atoms with Crippen LogP contribution in [0.15, 0.2) is 53.6 Å². The van der Waals surface area contributed by atoms with E-state index in [2.05, 4.69) is 21.3 Å². The Morgan fingerprint density at radius 1 is 1.17 bits per heavy atom. The van der Waals surface area contributed by atoms with Crippen LogP contribution in [0.5, 0.6) is 0 Å². The molecule has 0 aliphatic rings. The smallest absolute Gasteiger partial charge is 0.272 e. The van der Waals surface area contributed by atoms with Gasteiger partial charge in [-0.2, -0.15) is 10.4 Å². The van der Waals surface area contributed by atoms with E-state index in [9.17, 15) is 10.1 Å². The van der Waals surface area contributed by atoms with E-state index in [1.165, 1.54) is 0 Å². The van der Waals surface area contributed by atoms with Gasteiger partial charge in [-0.05, 0) is 37.6 Å². The second-order valence-corrected chi connectivity index (χ2v) is 8.10. The second-order valence-electron chi connectivity index (χ2n) is 7.05. The van der Waals surface area contributed by atoms with Crippen LogP contribution < -0.4 is 5.56 Å². The van der Waals surface area contributed by atoms with Crippen molar-refractivity contribution in [2.24, 2.45) is 0 Å². The molecule has 0 spiro atoms. The van der Waals surface area contributed by atoms with Gasteiger partial charge < -0.3 is 0 Å². The first-order valence-corrected chi connectivity index (χ1v) is 10.4. The molecular formula is C23H17N5OS. The Balaban J connectivity index is 1.79. The van der Waals surface area contributed by atoms with Gasteiger partial charge in [-0.15, -0.1) is 11.3 Å². The normalized spacial score (nSPS) is 11.2. The van der Waals surface area contributed by atoms with Crippen molar-refractivity contribution in [1.29, 1.82) is 5.26 Å². The number of hydrogen-bond acceptors (Lipinski definition) is 5. The molecule has 0 unspecified atom stereocenters. The zero-order chi connectivity index (χ0) is 20.8. The molecule has 2 aromatic carbocycles. The molecule has 0 aliphatic carbocycles. The molecule has 0 radical (unpaired) electrons. The van der Waals surface area contributed by atoms with Gasteiger partial charge in [-0.3, -0.25) is 9.36 Å². The van der Waals surface area contributed by atoms with Gasteiger partial charge in [-0.1, -0.05) is 25.1 Å². The molecule has 0 saturated carbocycles. The first-order chi connectivity index (χ1) is 14.6. The van der Waals surface area contributed by atoms with Crippen molar-refractivity contribution in [2.75, 3.05) is 0 Å². The number of benzene rings is 2. The monoisotopic (exact) mass is 411 g/mol. The maximum Gasteiger partial charge on any atom is 0.272 e. The highest BCUT2D eigenvalue weighted by Gasteiger charge is 2.20. The SMILES string of the molecule is CCc1n[nH]c(=O)c2ccc(-n3cnc(C)c3-c3sc4ccccc4c3C#N)cc12. The summed E-state index contributed by atoms with van der Waals surface area (Å²) in [5, 5.41) is 19.0. The number of aromatic amines is 1. The maximum atomic E-state index is 12.2. The average molecular weight is 411 g/mol. The predicted octanol–water partition coefficient (Wildman–Crippen LogP) is 4.73. The Bertz CT molecular complexity index is 1530. The van der Waals surface area contributed by atoms with E-state index in [-0.39, 0.29) is 5.56 Å². The lowest BCUT2D eigenvalue weighted by Crippen LogP contribution is -2.11. The van der Waals surface area contributed by atoms with Crippen LogP contribution in [0.3, 0.4) is 0 Å². The van der Waals surface area contributed by atoms with Crippen LogP contribution >= 0.6 is 11.3 Å². The van der Waals surface area contributed by atoms with Crippen LogP contribution in [0.2, 0.25) is 0 Å². The highest BCUT2D eigenvalue weighted by Crippen LogP contribution is 2.40.